The minimum absolute atomic E-state index is 0.0240. The van der Waals surface area contributed by atoms with E-state index in [-0.39, 0.29) is 17.9 Å². The number of amides is 2. The van der Waals surface area contributed by atoms with Crippen molar-refractivity contribution in [3.8, 4) is 0 Å². The van der Waals surface area contributed by atoms with Crippen LogP contribution in [0.1, 0.15) is 12.0 Å². The first-order valence-electron chi connectivity index (χ1n) is 9.64. The SMILES string of the molecule is O=C1C[C@@H](N2CCN(c3ccccc3)CC2)C(=O)N1CCc1ccccc1. The molecule has 2 amide bonds. The molecule has 0 radical (unpaired) electrons. The topological polar surface area (TPSA) is 43.9 Å². The minimum atomic E-state index is -0.286. The van der Waals surface area contributed by atoms with Crippen LogP contribution in [0.2, 0.25) is 0 Å². The number of benzene rings is 2. The molecular formula is C22H25N3O2. The smallest absolute Gasteiger partial charge is 0.247 e. The van der Waals surface area contributed by atoms with Gasteiger partial charge in [-0.1, -0.05) is 48.5 Å². The van der Waals surface area contributed by atoms with E-state index in [1.54, 1.807) is 0 Å². The zero-order chi connectivity index (χ0) is 18.6. The number of nitrogens with zero attached hydrogens (tertiary/aromatic N) is 3. The van der Waals surface area contributed by atoms with Gasteiger partial charge in [-0.2, -0.15) is 0 Å². The Kier molecular flexibility index (Phi) is 5.21. The van der Waals surface area contributed by atoms with Crippen LogP contribution in [-0.4, -0.2) is 60.4 Å². The first kappa shape index (κ1) is 17.7. The highest BCUT2D eigenvalue weighted by molar-refractivity contribution is 6.05. The summed E-state index contributed by atoms with van der Waals surface area (Å²) in [6.45, 7) is 3.86. The lowest BCUT2D eigenvalue weighted by atomic mass is 10.1. The van der Waals surface area contributed by atoms with Crippen molar-refractivity contribution < 1.29 is 9.59 Å². The third kappa shape index (κ3) is 3.88. The normalized spacial score (nSPS) is 21.1. The molecule has 2 aliphatic heterocycles. The van der Waals surface area contributed by atoms with Crippen LogP contribution in [0.3, 0.4) is 0 Å². The second-order valence-electron chi connectivity index (χ2n) is 7.20. The molecule has 140 valence electrons. The van der Waals surface area contributed by atoms with Crippen LogP contribution in [0.4, 0.5) is 5.69 Å². The van der Waals surface area contributed by atoms with Crippen molar-refractivity contribution in [3.63, 3.8) is 0 Å². The maximum Gasteiger partial charge on any atom is 0.247 e. The Morgan fingerprint density at radius 2 is 1.44 bits per heavy atom. The summed E-state index contributed by atoms with van der Waals surface area (Å²) in [4.78, 5) is 31.2. The molecule has 2 heterocycles. The van der Waals surface area contributed by atoms with Gasteiger partial charge in [0.2, 0.25) is 11.8 Å². The fourth-order valence-electron chi connectivity index (χ4n) is 4.00. The van der Waals surface area contributed by atoms with Crippen LogP contribution in [0.25, 0.3) is 0 Å². The first-order valence-corrected chi connectivity index (χ1v) is 9.64. The van der Waals surface area contributed by atoms with E-state index in [0.29, 0.717) is 19.4 Å². The molecule has 0 saturated carbocycles. The van der Waals surface area contributed by atoms with Gasteiger partial charge in [0.1, 0.15) is 0 Å². The molecule has 0 spiro atoms. The Bertz CT molecular complexity index is 786. The molecule has 2 aromatic rings. The molecule has 4 rings (SSSR count). The molecule has 1 atom stereocenters. The average Bonchev–Trinajstić information content (AvgIpc) is 3.01. The van der Waals surface area contributed by atoms with Crippen molar-refractivity contribution in [1.82, 2.24) is 9.80 Å². The van der Waals surface area contributed by atoms with Gasteiger partial charge >= 0.3 is 0 Å². The van der Waals surface area contributed by atoms with E-state index in [1.807, 2.05) is 48.5 Å². The van der Waals surface area contributed by atoms with Crippen molar-refractivity contribution in [2.24, 2.45) is 0 Å². The van der Waals surface area contributed by atoms with E-state index < -0.39 is 0 Å². The van der Waals surface area contributed by atoms with Gasteiger partial charge in [0.05, 0.1) is 12.5 Å². The summed E-state index contributed by atoms with van der Waals surface area (Å²) in [5.41, 5.74) is 2.37. The van der Waals surface area contributed by atoms with Gasteiger partial charge in [0.25, 0.3) is 0 Å². The van der Waals surface area contributed by atoms with Gasteiger partial charge in [0.15, 0.2) is 0 Å². The molecule has 2 fully saturated rings. The van der Waals surface area contributed by atoms with Gasteiger partial charge in [-0.05, 0) is 24.1 Å². The third-order valence-corrected chi connectivity index (χ3v) is 5.56. The van der Waals surface area contributed by atoms with E-state index in [2.05, 4.69) is 21.9 Å². The van der Waals surface area contributed by atoms with Crippen molar-refractivity contribution in [3.05, 3.63) is 66.2 Å². The highest BCUT2D eigenvalue weighted by Gasteiger charge is 2.42. The number of likely N-dealkylation sites (tertiary alicyclic amines) is 1. The van der Waals surface area contributed by atoms with Crippen molar-refractivity contribution >= 4 is 17.5 Å². The number of piperazine rings is 1. The van der Waals surface area contributed by atoms with Gasteiger partial charge in [-0.3, -0.25) is 19.4 Å². The Morgan fingerprint density at radius 3 is 2.11 bits per heavy atom. The van der Waals surface area contributed by atoms with Gasteiger partial charge in [0, 0.05) is 38.4 Å². The van der Waals surface area contributed by atoms with Crippen LogP contribution in [0, 0.1) is 0 Å². The van der Waals surface area contributed by atoms with Crippen LogP contribution in [-0.2, 0) is 16.0 Å². The number of rotatable bonds is 5. The monoisotopic (exact) mass is 363 g/mol. The predicted molar refractivity (Wildman–Crippen MR) is 105 cm³/mol. The van der Waals surface area contributed by atoms with E-state index in [0.717, 1.165) is 31.7 Å². The molecule has 2 saturated heterocycles. The zero-order valence-corrected chi connectivity index (χ0v) is 15.5. The largest absolute Gasteiger partial charge is 0.369 e. The summed E-state index contributed by atoms with van der Waals surface area (Å²) in [6, 6.07) is 20.1. The highest BCUT2D eigenvalue weighted by Crippen LogP contribution is 2.22. The number of carbonyl (C=O) groups excluding carboxylic acids is 2. The zero-order valence-electron chi connectivity index (χ0n) is 15.5. The second kappa shape index (κ2) is 7.92. The summed E-state index contributed by atoms with van der Waals surface area (Å²) in [5, 5.41) is 0. The van der Waals surface area contributed by atoms with E-state index >= 15 is 0 Å². The summed E-state index contributed by atoms with van der Waals surface area (Å²) in [6.07, 6.45) is 1.03. The standard InChI is InChI=1S/C22H25N3O2/c26-21-17-20(22(27)25(21)12-11-18-7-3-1-4-8-18)24-15-13-23(14-16-24)19-9-5-2-6-10-19/h1-10,20H,11-17H2/t20-/m1/s1. The molecule has 0 aliphatic carbocycles. The molecule has 5 nitrogen and oxygen atoms in total. The maximum absolute atomic E-state index is 12.8. The predicted octanol–water partition coefficient (Wildman–Crippen LogP) is 2.18. The van der Waals surface area contributed by atoms with Crippen LogP contribution in [0.15, 0.2) is 60.7 Å². The number of imide groups is 1. The molecule has 27 heavy (non-hydrogen) atoms. The molecular weight excluding hydrogens is 338 g/mol. The maximum atomic E-state index is 12.8. The fourth-order valence-corrected chi connectivity index (χ4v) is 4.00. The minimum Gasteiger partial charge on any atom is -0.369 e. The third-order valence-electron chi connectivity index (χ3n) is 5.56. The van der Waals surface area contributed by atoms with E-state index in [4.69, 9.17) is 0 Å². The quantitative estimate of drug-likeness (QED) is 0.764. The Balaban J connectivity index is 1.34. The molecule has 0 bridgehead atoms. The molecule has 5 heteroatoms. The molecule has 0 aromatic heterocycles. The van der Waals surface area contributed by atoms with Crippen molar-refractivity contribution in [2.75, 3.05) is 37.6 Å². The fraction of sp³-hybridized carbons (Fsp3) is 0.364. The number of carbonyl (C=O) groups is 2. The number of anilines is 1. The lowest BCUT2D eigenvalue weighted by Crippen LogP contribution is -2.52. The summed E-state index contributed by atoms with van der Waals surface area (Å²) in [5.74, 6) is -0.0597. The molecule has 0 N–H and O–H groups in total. The second-order valence-corrected chi connectivity index (χ2v) is 7.20. The summed E-state index contributed by atoms with van der Waals surface area (Å²) < 4.78 is 0. The van der Waals surface area contributed by atoms with E-state index in [1.165, 1.54) is 10.6 Å². The lowest BCUT2D eigenvalue weighted by molar-refractivity contribution is -0.139. The Hall–Kier alpha value is -2.66. The van der Waals surface area contributed by atoms with Crippen molar-refractivity contribution in [1.29, 1.82) is 0 Å². The summed E-state index contributed by atoms with van der Waals surface area (Å²) >= 11 is 0. The number of para-hydroxylation sites is 1. The van der Waals surface area contributed by atoms with Crippen LogP contribution in [0.5, 0.6) is 0 Å². The lowest BCUT2D eigenvalue weighted by Gasteiger charge is -2.38. The van der Waals surface area contributed by atoms with Crippen LogP contribution >= 0.6 is 0 Å². The van der Waals surface area contributed by atoms with Crippen molar-refractivity contribution in [2.45, 2.75) is 18.9 Å². The van der Waals surface area contributed by atoms with E-state index in [9.17, 15) is 9.59 Å². The Labute approximate surface area is 160 Å². The highest BCUT2D eigenvalue weighted by atomic mass is 16.2. The number of hydrogen-bond acceptors (Lipinski definition) is 4. The average molecular weight is 363 g/mol. The first-order chi connectivity index (χ1) is 13.2. The Morgan fingerprint density at radius 1 is 0.815 bits per heavy atom. The van der Waals surface area contributed by atoms with Crippen LogP contribution < -0.4 is 4.90 Å². The van der Waals surface area contributed by atoms with Gasteiger partial charge < -0.3 is 4.90 Å². The van der Waals surface area contributed by atoms with Gasteiger partial charge in [-0.25, -0.2) is 0 Å². The summed E-state index contributed by atoms with van der Waals surface area (Å²) in [7, 11) is 0. The molecule has 0 unspecified atom stereocenters. The molecule has 2 aromatic carbocycles. The number of hydrogen-bond donors (Lipinski definition) is 0. The van der Waals surface area contributed by atoms with Gasteiger partial charge in [-0.15, -0.1) is 0 Å². The molecule has 2 aliphatic rings.